The Morgan fingerprint density at radius 3 is 2.77 bits per heavy atom. The minimum Gasteiger partial charge on any atom is -0.411 e. The number of nitriles is 1. The molecule has 0 fully saturated rings. The average Bonchev–Trinajstić information content (AvgIpc) is 2.09. The molecule has 0 amide bonds. The van der Waals surface area contributed by atoms with Gasteiger partial charge >= 0.3 is 0 Å². The summed E-state index contributed by atoms with van der Waals surface area (Å²) in [7, 11) is 0. The molecule has 68 valence electrons. The van der Waals surface area contributed by atoms with Crippen molar-refractivity contribution in [3.05, 3.63) is 34.3 Å². The molecule has 0 saturated heterocycles. The molecule has 0 saturated carbocycles. The Labute approximate surface area is 86.7 Å². The summed E-state index contributed by atoms with van der Waals surface area (Å²) in [6.45, 7) is 0. The van der Waals surface area contributed by atoms with E-state index < -0.39 is 0 Å². The van der Waals surface area contributed by atoms with Crippen molar-refractivity contribution in [1.82, 2.24) is 0 Å². The van der Waals surface area contributed by atoms with Crippen molar-refractivity contribution in [2.24, 2.45) is 5.16 Å². The molecule has 0 heterocycles. The first-order valence-corrected chi connectivity index (χ1v) is 3.53. The maximum absolute atomic E-state index is 8.52. The van der Waals surface area contributed by atoms with Gasteiger partial charge in [0.15, 0.2) is 0 Å². The van der Waals surface area contributed by atoms with Crippen LogP contribution in [-0.2, 0) is 0 Å². The van der Waals surface area contributed by atoms with Gasteiger partial charge in [0.1, 0.15) is 0 Å². The van der Waals surface area contributed by atoms with Gasteiger partial charge in [-0.1, -0.05) is 16.8 Å². The van der Waals surface area contributed by atoms with Crippen molar-refractivity contribution in [2.75, 3.05) is 0 Å². The lowest BCUT2D eigenvalue weighted by molar-refractivity contribution is 0.322. The van der Waals surface area contributed by atoms with E-state index in [1.54, 1.807) is 18.2 Å². The van der Waals surface area contributed by atoms with Crippen molar-refractivity contribution in [2.45, 2.75) is 0 Å². The second kappa shape index (κ2) is 5.41. The third kappa shape index (κ3) is 2.94. The number of nitrogens with zero attached hydrogens (tertiary/aromatic N) is 2. The Morgan fingerprint density at radius 2 is 2.23 bits per heavy atom. The summed E-state index contributed by atoms with van der Waals surface area (Å²) in [5.41, 5.74) is 1.01. The van der Waals surface area contributed by atoms with E-state index in [2.05, 4.69) is 5.16 Å². The summed E-state index contributed by atoms with van der Waals surface area (Å²) in [6, 6.07) is 6.67. The Bertz CT molecular complexity index is 358. The quantitative estimate of drug-likeness (QED) is 0.446. The molecule has 0 atom stereocenters. The summed E-state index contributed by atoms with van der Waals surface area (Å²) < 4.78 is 0. The predicted molar refractivity (Wildman–Crippen MR) is 52.8 cm³/mol. The molecule has 0 unspecified atom stereocenters. The second-order valence-electron chi connectivity index (χ2n) is 2.09. The number of rotatable bonds is 1. The van der Waals surface area contributed by atoms with Gasteiger partial charge in [-0.15, -0.1) is 12.4 Å². The summed E-state index contributed by atoms with van der Waals surface area (Å²) in [5.74, 6) is 0. The number of benzene rings is 1. The Hall–Kier alpha value is -1.24. The number of oxime groups is 1. The van der Waals surface area contributed by atoms with Crippen molar-refractivity contribution in [3.63, 3.8) is 0 Å². The van der Waals surface area contributed by atoms with Gasteiger partial charge in [-0.3, -0.25) is 0 Å². The fourth-order valence-corrected chi connectivity index (χ4v) is 0.941. The molecule has 3 nitrogen and oxygen atoms in total. The van der Waals surface area contributed by atoms with Crippen LogP contribution in [0.15, 0.2) is 23.4 Å². The smallest absolute Gasteiger partial charge is 0.0991 e. The van der Waals surface area contributed by atoms with E-state index in [-0.39, 0.29) is 12.4 Å². The number of halogens is 2. The third-order valence-corrected chi connectivity index (χ3v) is 1.67. The van der Waals surface area contributed by atoms with Crippen molar-refractivity contribution >= 4 is 30.2 Å². The molecule has 5 heteroatoms. The zero-order chi connectivity index (χ0) is 8.97. The molecular formula is C8H6Cl2N2O. The van der Waals surface area contributed by atoms with E-state index in [9.17, 15) is 0 Å². The molecule has 13 heavy (non-hydrogen) atoms. The van der Waals surface area contributed by atoms with Gasteiger partial charge in [0.2, 0.25) is 0 Å². The van der Waals surface area contributed by atoms with Crippen LogP contribution in [0, 0.1) is 11.3 Å². The van der Waals surface area contributed by atoms with Gasteiger partial charge in [-0.05, 0) is 18.2 Å². The van der Waals surface area contributed by atoms with Crippen molar-refractivity contribution in [3.8, 4) is 6.07 Å². The summed E-state index contributed by atoms with van der Waals surface area (Å²) in [5, 5.41) is 20.0. The molecule has 1 aromatic rings. The molecule has 0 radical (unpaired) electrons. The fraction of sp³-hybridized carbons (Fsp3) is 0. The monoisotopic (exact) mass is 216 g/mol. The molecule has 0 aliphatic carbocycles. The van der Waals surface area contributed by atoms with Gasteiger partial charge in [0.25, 0.3) is 0 Å². The zero-order valence-corrected chi connectivity index (χ0v) is 8.01. The first-order chi connectivity index (χ1) is 5.77. The maximum Gasteiger partial charge on any atom is 0.0991 e. The first-order valence-electron chi connectivity index (χ1n) is 3.15. The SMILES string of the molecule is Cl.N#Cc1ccc(Cl)c(C=NO)c1. The molecular weight excluding hydrogens is 211 g/mol. The Kier molecular flexibility index (Phi) is 4.90. The molecule has 0 aliphatic heterocycles. The van der Waals surface area contributed by atoms with E-state index in [0.29, 0.717) is 16.1 Å². The maximum atomic E-state index is 8.52. The lowest BCUT2D eigenvalue weighted by atomic mass is 10.1. The number of hydrogen-bond donors (Lipinski definition) is 1. The molecule has 0 aromatic heterocycles. The Morgan fingerprint density at radius 1 is 1.54 bits per heavy atom. The van der Waals surface area contributed by atoms with Crippen LogP contribution in [0.25, 0.3) is 0 Å². The van der Waals surface area contributed by atoms with Crippen molar-refractivity contribution in [1.29, 1.82) is 5.26 Å². The highest BCUT2D eigenvalue weighted by Gasteiger charge is 1.98. The van der Waals surface area contributed by atoms with Gasteiger partial charge in [0.05, 0.1) is 17.8 Å². The molecule has 0 aliphatic rings. The van der Waals surface area contributed by atoms with Crippen LogP contribution in [0.2, 0.25) is 5.02 Å². The van der Waals surface area contributed by atoms with Gasteiger partial charge in [0, 0.05) is 10.6 Å². The Balaban J connectivity index is 0.00000144. The summed E-state index contributed by atoms with van der Waals surface area (Å²) in [6.07, 6.45) is 1.18. The van der Waals surface area contributed by atoms with Gasteiger partial charge in [-0.25, -0.2) is 0 Å². The number of hydrogen-bond acceptors (Lipinski definition) is 3. The van der Waals surface area contributed by atoms with Crippen LogP contribution >= 0.6 is 24.0 Å². The minimum absolute atomic E-state index is 0. The standard InChI is InChI=1S/C8H5ClN2O.ClH/c9-8-2-1-6(4-10)3-7(8)5-11-12;/h1-3,5,12H;1H. The van der Waals surface area contributed by atoms with Crippen LogP contribution in [0.3, 0.4) is 0 Å². The lowest BCUT2D eigenvalue weighted by Gasteiger charge is -1.95. The van der Waals surface area contributed by atoms with Crippen LogP contribution in [0.4, 0.5) is 0 Å². The lowest BCUT2D eigenvalue weighted by Crippen LogP contribution is -1.84. The molecule has 0 spiro atoms. The normalized spacial score (nSPS) is 9.23. The van der Waals surface area contributed by atoms with Crippen molar-refractivity contribution < 1.29 is 5.21 Å². The van der Waals surface area contributed by atoms with Gasteiger partial charge < -0.3 is 5.21 Å². The highest BCUT2D eigenvalue weighted by Crippen LogP contribution is 2.15. The molecule has 1 N–H and O–H groups in total. The van der Waals surface area contributed by atoms with Crippen LogP contribution in [0.1, 0.15) is 11.1 Å². The van der Waals surface area contributed by atoms with Crippen LogP contribution in [0.5, 0.6) is 0 Å². The third-order valence-electron chi connectivity index (χ3n) is 1.32. The van der Waals surface area contributed by atoms with E-state index in [1.807, 2.05) is 6.07 Å². The minimum atomic E-state index is 0. The second-order valence-corrected chi connectivity index (χ2v) is 2.50. The largest absolute Gasteiger partial charge is 0.411 e. The molecule has 1 aromatic carbocycles. The molecule has 1 rings (SSSR count). The van der Waals surface area contributed by atoms with Crippen LogP contribution < -0.4 is 0 Å². The van der Waals surface area contributed by atoms with Crippen LogP contribution in [-0.4, -0.2) is 11.4 Å². The van der Waals surface area contributed by atoms with E-state index in [1.165, 1.54) is 6.21 Å². The summed E-state index contributed by atoms with van der Waals surface area (Å²) in [4.78, 5) is 0. The zero-order valence-electron chi connectivity index (χ0n) is 6.44. The average molecular weight is 217 g/mol. The van der Waals surface area contributed by atoms with Gasteiger partial charge in [-0.2, -0.15) is 5.26 Å². The highest BCUT2D eigenvalue weighted by molar-refractivity contribution is 6.33. The highest BCUT2D eigenvalue weighted by atomic mass is 35.5. The topological polar surface area (TPSA) is 56.4 Å². The molecule has 0 bridgehead atoms. The van der Waals surface area contributed by atoms with E-state index in [4.69, 9.17) is 22.1 Å². The van der Waals surface area contributed by atoms with E-state index >= 15 is 0 Å². The fourth-order valence-electron chi connectivity index (χ4n) is 0.774. The van der Waals surface area contributed by atoms with E-state index in [0.717, 1.165) is 0 Å². The summed E-state index contributed by atoms with van der Waals surface area (Å²) >= 11 is 5.72. The first kappa shape index (κ1) is 11.8. The predicted octanol–water partition coefficient (Wildman–Crippen LogP) is 2.44.